The summed E-state index contributed by atoms with van der Waals surface area (Å²) in [7, 11) is 0. The van der Waals surface area contributed by atoms with Crippen LogP contribution < -0.4 is 10.6 Å². The van der Waals surface area contributed by atoms with Gasteiger partial charge in [-0.2, -0.15) is 13.2 Å². The fourth-order valence-electron chi connectivity index (χ4n) is 1.68. The topological polar surface area (TPSA) is 66.9 Å². The molecule has 0 spiro atoms. The lowest BCUT2D eigenvalue weighted by Crippen LogP contribution is -2.18. The molecule has 0 fully saturated rings. The molecule has 1 heterocycles. The average molecular weight is 397 g/mol. The Morgan fingerprint density at radius 2 is 2.12 bits per heavy atom. The van der Waals surface area contributed by atoms with Crippen molar-refractivity contribution in [2.45, 2.75) is 17.4 Å². The minimum atomic E-state index is -4.61. The lowest BCUT2D eigenvalue weighted by Gasteiger charge is -2.14. The average Bonchev–Trinajstić information content (AvgIpc) is 2.94. The van der Waals surface area contributed by atoms with Crippen LogP contribution in [-0.4, -0.2) is 28.4 Å². The molecule has 1 amide bonds. The molecule has 24 heavy (non-hydrogen) atoms. The fourth-order valence-corrected chi connectivity index (χ4v) is 3.52. The predicted molar refractivity (Wildman–Crippen MR) is 89.9 cm³/mol. The Balaban J connectivity index is 2.02. The molecule has 5 nitrogen and oxygen atoms in total. The molecule has 2 aromatic rings. The summed E-state index contributed by atoms with van der Waals surface area (Å²) in [6.45, 7) is 2.59. The molecule has 2 rings (SSSR count). The van der Waals surface area contributed by atoms with Gasteiger partial charge in [0.15, 0.2) is 4.34 Å². The molecular weight excluding hydrogens is 385 g/mol. The second kappa shape index (κ2) is 8.04. The van der Waals surface area contributed by atoms with Crippen LogP contribution in [0.25, 0.3) is 0 Å². The SMILES string of the molecule is CCNc1nnc(SCC(=O)Nc2c(Cl)cccc2C(F)(F)F)s1. The zero-order valence-electron chi connectivity index (χ0n) is 12.3. The Labute approximate surface area is 149 Å². The van der Waals surface area contributed by atoms with E-state index < -0.39 is 23.3 Å². The number of nitrogens with zero attached hydrogens (tertiary/aromatic N) is 2. The van der Waals surface area contributed by atoms with Crippen molar-refractivity contribution in [3.05, 3.63) is 28.8 Å². The second-order valence-corrected chi connectivity index (χ2v) is 7.01. The van der Waals surface area contributed by atoms with Gasteiger partial charge in [-0.05, 0) is 19.1 Å². The zero-order valence-corrected chi connectivity index (χ0v) is 14.7. The third-order valence-corrected chi connectivity index (χ3v) is 4.97. The first-order valence-electron chi connectivity index (χ1n) is 6.67. The maximum atomic E-state index is 13.0. The number of nitrogens with one attached hydrogen (secondary N) is 2. The van der Waals surface area contributed by atoms with Gasteiger partial charge in [-0.15, -0.1) is 10.2 Å². The number of anilines is 2. The Kier molecular flexibility index (Phi) is 6.30. The first-order chi connectivity index (χ1) is 11.3. The van der Waals surface area contributed by atoms with Crippen LogP contribution in [0.15, 0.2) is 22.5 Å². The maximum absolute atomic E-state index is 13.0. The Morgan fingerprint density at radius 3 is 2.79 bits per heavy atom. The van der Waals surface area contributed by atoms with E-state index in [0.717, 1.165) is 17.8 Å². The summed E-state index contributed by atoms with van der Waals surface area (Å²) in [5.74, 6) is -0.720. The largest absolute Gasteiger partial charge is 0.418 e. The fraction of sp³-hybridized carbons (Fsp3) is 0.308. The van der Waals surface area contributed by atoms with Gasteiger partial charge in [-0.3, -0.25) is 4.79 Å². The summed E-state index contributed by atoms with van der Waals surface area (Å²) in [4.78, 5) is 11.9. The summed E-state index contributed by atoms with van der Waals surface area (Å²) in [5.41, 5.74) is -1.43. The van der Waals surface area contributed by atoms with Gasteiger partial charge in [0.05, 0.1) is 22.0 Å². The van der Waals surface area contributed by atoms with E-state index in [1.54, 1.807) is 0 Å². The Bertz CT molecular complexity index is 723. The first kappa shape index (κ1) is 18.8. The molecule has 1 aromatic carbocycles. The molecule has 11 heteroatoms. The van der Waals surface area contributed by atoms with Crippen LogP contribution in [0.3, 0.4) is 0 Å². The number of thioether (sulfide) groups is 1. The molecular formula is C13H12ClF3N4OS2. The van der Waals surface area contributed by atoms with Crippen molar-refractivity contribution in [2.75, 3.05) is 22.9 Å². The van der Waals surface area contributed by atoms with Crippen LogP contribution >= 0.6 is 34.7 Å². The summed E-state index contributed by atoms with van der Waals surface area (Å²) in [5, 5.41) is 13.4. The summed E-state index contributed by atoms with van der Waals surface area (Å²) in [6.07, 6.45) is -4.61. The highest BCUT2D eigenvalue weighted by Gasteiger charge is 2.34. The van der Waals surface area contributed by atoms with E-state index in [2.05, 4.69) is 20.8 Å². The smallest absolute Gasteiger partial charge is 0.360 e. The number of hydrogen-bond donors (Lipinski definition) is 2. The van der Waals surface area contributed by atoms with E-state index >= 15 is 0 Å². The van der Waals surface area contributed by atoms with E-state index in [1.165, 1.54) is 23.5 Å². The summed E-state index contributed by atoms with van der Waals surface area (Å²) < 4.78 is 39.4. The Hall–Kier alpha value is -1.52. The number of halogens is 4. The number of benzene rings is 1. The van der Waals surface area contributed by atoms with Crippen molar-refractivity contribution in [3.8, 4) is 0 Å². The quantitative estimate of drug-likeness (QED) is 0.709. The number of para-hydroxylation sites is 1. The predicted octanol–water partition coefficient (Wildman–Crippen LogP) is 4.37. The van der Waals surface area contributed by atoms with Gasteiger partial charge in [0.25, 0.3) is 0 Å². The van der Waals surface area contributed by atoms with Crippen LogP contribution in [0.5, 0.6) is 0 Å². The molecule has 0 aliphatic carbocycles. The molecule has 0 aliphatic rings. The van der Waals surface area contributed by atoms with Crippen molar-refractivity contribution < 1.29 is 18.0 Å². The lowest BCUT2D eigenvalue weighted by atomic mass is 10.1. The minimum absolute atomic E-state index is 0.108. The summed E-state index contributed by atoms with van der Waals surface area (Å²) in [6, 6.07) is 3.33. The molecule has 0 atom stereocenters. The number of rotatable bonds is 6. The van der Waals surface area contributed by atoms with Gasteiger partial charge in [-0.1, -0.05) is 40.8 Å². The van der Waals surface area contributed by atoms with Gasteiger partial charge in [0.1, 0.15) is 0 Å². The van der Waals surface area contributed by atoms with Crippen molar-refractivity contribution in [3.63, 3.8) is 0 Å². The number of alkyl halides is 3. The van der Waals surface area contributed by atoms with Crippen molar-refractivity contribution in [2.24, 2.45) is 0 Å². The molecule has 0 unspecified atom stereocenters. The molecule has 0 bridgehead atoms. The number of aromatic nitrogens is 2. The maximum Gasteiger partial charge on any atom is 0.418 e. The normalized spacial score (nSPS) is 11.4. The standard InChI is InChI=1S/C13H12ClF3N4OS2/c1-2-18-11-20-21-12(24-11)23-6-9(22)19-10-7(13(15,16)17)4-3-5-8(10)14/h3-5H,2,6H2,1H3,(H,18,20)(H,19,22). The minimum Gasteiger partial charge on any atom is -0.360 e. The number of hydrogen-bond acceptors (Lipinski definition) is 6. The van der Waals surface area contributed by atoms with Crippen LogP contribution in [0.4, 0.5) is 24.0 Å². The van der Waals surface area contributed by atoms with Gasteiger partial charge in [-0.25, -0.2) is 0 Å². The van der Waals surface area contributed by atoms with Gasteiger partial charge < -0.3 is 10.6 Å². The first-order valence-corrected chi connectivity index (χ1v) is 8.85. The monoisotopic (exact) mass is 396 g/mol. The molecule has 0 saturated carbocycles. The van der Waals surface area contributed by atoms with Crippen molar-refractivity contribution in [1.82, 2.24) is 10.2 Å². The number of carbonyl (C=O) groups excluding carboxylic acids is 1. The molecule has 0 radical (unpaired) electrons. The molecule has 0 saturated heterocycles. The highest BCUT2D eigenvalue weighted by atomic mass is 35.5. The van der Waals surface area contributed by atoms with Crippen LogP contribution in [0.1, 0.15) is 12.5 Å². The van der Waals surface area contributed by atoms with Gasteiger partial charge in [0, 0.05) is 6.54 Å². The zero-order chi connectivity index (χ0) is 17.7. The molecule has 0 aliphatic heterocycles. The lowest BCUT2D eigenvalue weighted by molar-refractivity contribution is -0.137. The van der Waals surface area contributed by atoms with Crippen LogP contribution in [0, 0.1) is 0 Å². The summed E-state index contributed by atoms with van der Waals surface area (Å²) >= 11 is 8.13. The van der Waals surface area contributed by atoms with Crippen molar-refractivity contribution >= 4 is 51.4 Å². The van der Waals surface area contributed by atoms with E-state index in [4.69, 9.17) is 11.6 Å². The van der Waals surface area contributed by atoms with Gasteiger partial charge >= 0.3 is 6.18 Å². The van der Waals surface area contributed by atoms with Gasteiger partial charge in [0.2, 0.25) is 11.0 Å². The van der Waals surface area contributed by atoms with Crippen molar-refractivity contribution in [1.29, 1.82) is 0 Å². The van der Waals surface area contributed by atoms with E-state index in [0.29, 0.717) is 16.0 Å². The molecule has 1 aromatic heterocycles. The number of carbonyl (C=O) groups is 1. The van der Waals surface area contributed by atoms with Crippen LogP contribution in [0.2, 0.25) is 5.02 Å². The molecule has 130 valence electrons. The Morgan fingerprint density at radius 1 is 1.38 bits per heavy atom. The molecule has 2 N–H and O–H groups in total. The second-order valence-electron chi connectivity index (χ2n) is 4.40. The van der Waals surface area contributed by atoms with E-state index in [1.807, 2.05) is 6.92 Å². The van der Waals surface area contributed by atoms with Crippen LogP contribution in [-0.2, 0) is 11.0 Å². The highest BCUT2D eigenvalue weighted by molar-refractivity contribution is 8.01. The van der Waals surface area contributed by atoms with E-state index in [9.17, 15) is 18.0 Å². The highest BCUT2D eigenvalue weighted by Crippen LogP contribution is 2.38. The number of amides is 1. The van der Waals surface area contributed by atoms with E-state index in [-0.39, 0.29) is 10.8 Å². The third kappa shape index (κ3) is 4.99. The third-order valence-electron chi connectivity index (χ3n) is 2.64.